The van der Waals surface area contributed by atoms with Crippen LogP contribution in [-0.4, -0.2) is 11.5 Å². The number of allylic oxidation sites excluding steroid dienone is 1. The first-order valence-electron chi connectivity index (χ1n) is 3.01. The molecule has 0 aliphatic carbocycles. The summed E-state index contributed by atoms with van der Waals surface area (Å²) in [6.45, 7) is 8.07. The standard InChI is InChI=1S/C7H14S/c1-4-7(3)6-8-5-2/h4,7H,1,5-6H2,2-3H3. The van der Waals surface area contributed by atoms with Crippen molar-refractivity contribution < 1.29 is 0 Å². The van der Waals surface area contributed by atoms with Gasteiger partial charge < -0.3 is 0 Å². The van der Waals surface area contributed by atoms with Gasteiger partial charge in [-0.3, -0.25) is 0 Å². The van der Waals surface area contributed by atoms with Crippen LogP contribution in [0.4, 0.5) is 0 Å². The Kier molecular flexibility index (Phi) is 5.29. The molecule has 0 aliphatic rings. The van der Waals surface area contributed by atoms with Gasteiger partial charge in [0, 0.05) is 0 Å². The van der Waals surface area contributed by atoms with Gasteiger partial charge in [0.1, 0.15) is 0 Å². The van der Waals surface area contributed by atoms with E-state index in [4.69, 9.17) is 0 Å². The van der Waals surface area contributed by atoms with Gasteiger partial charge >= 0.3 is 0 Å². The molecule has 0 rings (SSSR count). The minimum Gasteiger partial charge on any atom is -0.162 e. The van der Waals surface area contributed by atoms with Crippen molar-refractivity contribution in [2.45, 2.75) is 13.8 Å². The van der Waals surface area contributed by atoms with E-state index in [0.29, 0.717) is 5.92 Å². The Morgan fingerprint density at radius 2 is 2.38 bits per heavy atom. The molecule has 0 saturated heterocycles. The molecule has 1 heteroatoms. The summed E-state index contributed by atoms with van der Waals surface area (Å²) >= 11 is 1.97. The maximum Gasteiger partial charge on any atom is -0.000732 e. The Bertz CT molecular complexity index is 59.4. The summed E-state index contributed by atoms with van der Waals surface area (Å²) in [5, 5.41) is 0. The highest BCUT2D eigenvalue weighted by Crippen LogP contribution is 2.07. The lowest BCUT2D eigenvalue weighted by molar-refractivity contribution is 0.850. The Morgan fingerprint density at radius 3 is 2.75 bits per heavy atom. The fourth-order valence-electron chi connectivity index (χ4n) is 0.372. The highest BCUT2D eigenvalue weighted by Gasteiger charge is 1.91. The predicted molar refractivity (Wildman–Crippen MR) is 42.4 cm³/mol. The van der Waals surface area contributed by atoms with Gasteiger partial charge in [0.15, 0.2) is 0 Å². The second-order valence-corrected chi connectivity index (χ2v) is 3.19. The lowest BCUT2D eigenvalue weighted by Crippen LogP contribution is -1.91. The fraction of sp³-hybridized carbons (Fsp3) is 0.714. The summed E-state index contributed by atoms with van der Waals surface area (Å²) < 4.78 is 0. The molecule has 0 aromatic rings. The van der Waals surface area contributed by atoms with Crippen LogP contribution in [0.15, 0.2) is 12.7 Å². The van der Waals surface area contributed by atoms with Crippen LogP contribution in [0.25, 0.3) is 0 Å². The second-order valence-electron chi connectivity index (χ2n) is 1.87. The first-order valence-corrected chi connectivity index (χ1v) is 4.17. The summed E-state index contributed by atoms with van der Waals surface area (Å²) in [5.74, 6) is 3.12. The first-order chi connectivity index (χ1) is 3.81. The third kappa shape index (κ3) is 4.25. The van der Waals surface area contributed by atoms with Crippen molar-refractivity contribution in [1.82, 2.24) is 0 Å². The monoisotopic (exact) mass is 130 g/mol. The van der Waals surface area contributed by atoms with Crippen LogP contribution in [0.5, 0.6) is 0 Å². The topological polar surface area (TPSA) is 0 Å². The average molecular weight is 130 g/mol. The third-order valence-electron chi connectivity index (χ3n) is 0.987. The summed E-state index contributed by atoms with van der Waals surface area (Å²) in [6, 6.07) is 0. The number of rotatable bonds is 4. The van der Waals surface area contributed by atoms with Gasteiger partial charge in [-0.1, -0.05) is 19.9 Å². The van der Waals surface area contributed by atoms with E-state index in [-0.39, 0.29) is 0 Å². The van der Waals surface area contributed by atoms with E-state index in [1.807, 2.05) is 17.8 Å². The van der Waals surface area contributed by atoms with Gasteiger partial charge in [0.05, 0.1) is 0 Å². The van der Waals surface area contributed by atoms with E-state index in [1.165, 1.54) is 11.5 Å². The predicted octanol–water partition coefficient (Wildman–Crippen LogP) is 2.56. The van der Waals surface area contributed by atoms with Gasteiger partial charge in [0.2, 0.25) is 0 Å². The molecular formula is C7H14S. The van der Waals surface area contributed by atoms with Gasteiger partial charge in [-0.25, -0.2) is 0 Å². The molecule has 0 heterocycles. The van der Waals surface area contributed by atoms with E-state index in [1.54, 1.807) is 0 Å². The molecule has 0 fully saturated rings. The molecule has 0 amide bonds. The number of hydrogen-bond acceptors (Lipinski definition) is 1. The van der Waals surface area contributed by atoms with Crippen molar-refractivity contribution in [3.63, 3.8) is 0 Å². The van der Waals surface area contributed by atoms with Crippen LogP contribution in [0.2, 0.25) is 0 Å². The van der Waals surface area contributed by atoms with Crippen molar-refractivity contribution in [3.05, 3.63) is 12.7 Å². The Labute approximate surface area is 56.4 Å². The SMILES string of the molecule is C=CC(C)CSCC. The van der Waals surface area contributed by atoms with Crippen LogP contribution in [0, 0.1) is 5.92 Å². The zero-order chi connectivity index (χ0) is 6.41. The molecule has 1 unspecified atom stereocenters. The van der Waals surface area contributed by atoms with Gasteiger partial charge in [-0.2, -0.15) is 11.8 Å². The summed E-state index contributed by atoms with van der Waals surface area (Å²) in [7, 11) is 0. The van der Waals surface area contributed by atoms with Crippen LogP contribution in [0.3, 0.4) is 0 Å². The second kappa shape index (κ2) is 5.23. The summed E-state index contributed by atoms with van der Waals surface area (Å²) in [4.78, 5) is 0. The zero-order valence-corrected chi connectivity index (χ0v) is 6.50. The molecule has 0 aliphatic heterocycles. The van der Waals surface area contributed by atoms with E-state index >= 15 is 0 Å². The normalized spacial score (nSPS) is 13.2. The molecule has 0 spiro atoms. The van der Waals surface area contributed by atoms with Crippen LogP contribution >= 0.6 is 11.8 Å². The third-order valence-corrected chi connectivity index (χ3v) is 2.16. The maximum atomic E-state index is 3.70. The number of thioether (sulfide) groups is 1. The minimum atomic E-state index is 0.681. The maximum absolute atomic E-state index is 3.70. The molecular weight excluding hydrogens is 116 g/mol. The Hall–Kier alpha value is 0.0900. The molecule has 0 bridgehead atoms. The molecule has 0 nitrogen and oxygen atoms in total. The van der Waals surface area contributed by atoms with E-state index < -0.39 is 0 Å². The van der Waals surface area contributed by atoms with Crippen LogP contribution in [0.1, 0.15) is 13.8 Å². The van der Waals surface area contributed by atoms with Gasteiger partial charge in [-0.15, -0.1) is 6.58 Å². The molecule has 48 valence electrons. The molecule has 0 aromatic carbocycles. The summed E-state index contributed by atoms with van der Waals surface area (Å²) in [5.41, 5.74) is 0. The largest absolute Gasteiger partial charge is 0.162 e. The van der Waals surface area contributed by atoms with Crippen LogP contribution < -0.4 is 0 Å². The summed E-state index contributed by atoms with van der Waals surface area (Å²) in [6.07, 6.45) is 2.00. The highest BCUT2D eigenvalue weighted by atomic mass is 32.2. The zero-order valence-electron chi connectivity index (χ0n) is 5.68. The van der Waals surface area contributed by atoms with Crippen molar-refractivity contribution in [1.29, 1.82) is 0 Å². The average Bonchev–Trinajstić information content (AvgIpc) is 1.83. The minimum absolute atomic E-state index is 0.681. The van der Waals surface area contributed by atoms with Crippen LogP contribution in [-0.2, 0) is 0 Å². The first kappa shape index (κ1) is 8.09. The molecule has 0 radical (unpaired) electrons. The lowest BCUT2D eigenvalue weighted by Gasteiger charge is -2.00. The van der Waals surface area contributed by atoms with E-state index in [0.717, 1.165) is 0 Å². The quantitative estimate of drug-likeness (QED) is 0.527. The Balaban J connectivity index is 2.98. The number of hydrogen-bond donors (Lipinski definition) is 0. The molecule has 0 N–H and O–H groups in total. The van der Waals surface area contributed by atoms with Crippen molar-refractivity contribution in [2.24, 2.45) is 5.92 Å². The van der Waals surface area contributed by atoms with Crippen molar-refractivity contribution >= 4 is 11.8 Å². The van der Waals surface area contributed by atoms with E-state index in [9.17, 15) is 0 Å². The molecule has 0 saturated carbocycles. The fourth-order valence-corrected chi connectivity index (χ4v) is 1.12. The molecule has 0 aromatic heterocycles. The lowest BCUT2D eigenvalue weighted by atomic mass is 10.2. The smallest absolute Gasteiger partial charge is 0.000732 e. The van der Waals surface area contributed by atoms with Crippen molar-refractivity contribution in [3.8, 4) is 0 Å². The van der Waals surface area contributed by atoms with Crippen molar-refractivity contribution in [2.75, 3.05) is 11.5 Å². The molecule has 8 heavy (non-hydrogen) atoms. The molecule has 1 atom stereocenters. The highest BCUT2D eigenvalue weighted by molar-refractivity contribution is 7.99. The van der Waals surface area contributed by atoms with E-state index in [2.05, 4.69) is 20.4 Å². The van der Waals surface area contributed by atoms with Gasteiger partial charge in [0.25, 0.3) is 0 Å². The Morgan fingerprint density at radius 1 is 1.75 bits per heavy atom. The van der Waals surface area contributed by atoms with Gasteiger partial charge in [-0.05, 0) is 17.4 Å².